The van der Waals surface area contributed by atoms with Crippen LogP contribution in [0.15, 0.2) is 54.6 Å². The topological polar surface area (TPSA) is 57.5 Å². The minimum Gasteiger partial charge on any atom is -0.126 e. The Hall–Kier alpha value is -0.242. The van der Waals surface area contributed by atoms with Crippen LogP contribution in [0.1, 0.15) is 0 Å². The summed E-state index contributed by atoms with van der Waals surface area (Å²) >= 11 is -0.944. The van der Waals surface area contributed by atoms with E-state index in [4.69, 9.17) is 13.2 Å². The SMILES string of the molecule is CO.C[Si](C)(C)O.Cl.Cl.[CH3-].[O]=[Ti]=[Si].c1ccc2c(c1)[cH-]c1ccccc12. The van der Waals surface area contributed by atoms with E-state index in [0.29, 0.717) is 0 Å². The van der Waals surface area contributed by atoms with Crippen molar-refractivity contribution in [1.29, 1.82) is 0 Å². The second-order valence-electron chi connectivity index (χ2n) is 5.59. The van der Waals surface area contributed by atoms with Crippen LogP contribution in [0, 0.1) is 7.43 Å². The molecule has 2 radical (unpaired) electrons. The Labute approximate surface area is 181 Å². The molecule has 0 aliphatic carbocycles. The first-order valence-corrected chi connectivity index (χ1v) is 14.0. The zero-order valence-electron chi connectivity index (χ0n) is 15.8. The standard InChI is InChI=1S/C13H9.C3H10OSi.CH4O.CH3.2ClH.O.Si.Ti/c1-3-7-12-10(5-1)9-11-6-2-4-8-13(11)12;1-5(2,3)4;1-2;;;;;;/h1-9H;4H,1-3H3;2H,1H3;1H3;2*1H;;;/q-1;;;-1;;;;;. The summed E-state index contributed by atoms with van der Waals surface area (Å²) in [4.78, 5) is 8.66. The molecule has 3 rings (SSSR count). The number of halogens is 2. The first kappa shape index (κ1) is 33.4. The molecule has 0 atom stereocenters. The van der Waals surface area contributed by atoms with Gasteiger partial charge in [-0.05, 0) is 19.6 Å². The Morgan fingerprint density at radius 1 is 0.885 bits per heavy atom. The second-order valence-corrected chi connectivity index (χ2v) is 11.1. The molecule has 0 unspecified atom stereocenters. The molecule has 26 heavy (non-hydrogen) atoms. The zero-order valence-corrected chi connectivity index (χ0v) is 21.0. The van der Waals surface area contributed by atoms with Gasteiger partial charge >= 0.3 is 28.8 Å². The number of benzene rings is 2. The van der Waals surface area contributed by atoms with E-state index in [1.807, 2.05) is 19.6 Å². The van der Waals surface area contributed by atoms with Crippen molar-refractivity contribution >= 4 is 62.3 Å². The van der Waals surface area contributed by atoms with Crippen LogP contribution in [0.2, 0.25) is 19.6 Å². The van der Waals surface area contributed by atoms with Crippen molar-refractivity contribution in [2.75, 3.05) is 7.11 Å². The minimum atomic E-state index is -1.61. The molecule has 0 heterocycles. The maximum Gasteiger partial charge on any atom is -0.0771 e. The van der Waals surface area contributed by atoms with Gasteiger partial charge in [0, 0.05) is 7.11 Å². The number of hydrogen-bond donors (Lipinski definition) is 2. The molecule has 0 bridgehead atoms. The second kappa shape index (κ2) is 18.1. The number of aliphatic hydroxyl groups excluding tert-OH is 1. The number of aliphatic hydroxyl groups is 1. The Morgan fingerprint density at radius 2 is 1.12 bits per heavy atom. The fourth-order valence-electron chi connectivity index (χ4n) is 1.90. The average Bonchev–Trinajstić information content (AvgIpc) is 2.87. The molecule has 0 fully saturated rings. The van der Waals surface area contributed by atoms with Gasteiger partial charge in [-0.3, -0.25) is 0 Å². The van der Waals surface area contributed by atoms with Crippen molar-refractivity contribution in [1.82, 2.24) is 0 Å². The number of hydrogen-bond acceptors (Lipinski definition) is 3. The minimum absolute atomic E-state index is 0. The summed E-state index contributed by atoms with van der Waals surface area (Å²) in [6, 6.07) is 19.3. The van der Waals surface area contributed by atoms with Crippen LogP contribution in [-0.2, 0) is 21.2 Å². The Bertz CT molecular complexity index is 696. The van der Waals surface area contributed by atoms with Crippen LogP contribution in [-0.4, -0.2) is 33.0 Å². The normalized spacial score (nSPS) is 8.38. The summed E-state index contributed by atoms with van der Waals surface area (Å²) in [5.74, 6) is 0. The summed E-state index contributed by atoms with van der Waals surface area (Å²) in [6.45, 7) is 5.65. The molecule has 3 aromatic rings. The molecule has 0 aromatic heterocycles. The van der Waals surface area contributed by atoms with Crippen molar-refractivity contribution in [2.45, 2.75) is 19.6 Å². The quantitative estimate of drug-likeness (QED) is 0.364. The van der Waals surface area contributed by atoms with Crippen molar-refractivity contribution in [2.24, 2.45) is 0 Å². The van der Waals surface area contributed by atoms with Gasteiger partial charge in [0.05, 0.1) is 0 Å². The monoisotopic (exact) mass is 466 g/mol. The summed E-state index contributed by atoms with van der Waals surface area (Å²) in [7, 11) is 2.14. The molecular formula is C18H28Cl2O3Si2Ti-2. The van der Waals surface area contributed by atoms with Crippen LogP contribution < -0.4 is 0 Å². The van der Waals surface area contributed by atoms with Gasteiger partial charge in [-0.25, -0.2) is 0 Å². The third kappa shape index (κ3) is 13.9. The maximum atomic E-state index is 8.97. The van der Waals surface area contributed by atoms with Crippen molar-refractivity contribution in [3.63, 3.8) is 0 Å². The zero-order chi connectivity index (χ0) is 17.9. The van der Waals surface area contributed by atoms with E-state index in [0.717, 1.165) is 7.11 Å². The predicted octanol–water partition coefficient (Wildman–Crippen LogP) is 4.93. The maximum absolute atomic E-state index is 8.97. The van der Waals surface area contributed by atoms with Gasteiger partial charge in [0.15, 0.2) is 8.32 Å². The van der Waals surface area contributed by atoms with Crippen LogP contribution >= 0.6 is 24.8 Å². The van der Waals surface area contributed by atoms with Crippen LogP contribution in [0.3, 0.4) is 0 Å². The van der Waals surface area contributed by atoms with Crippen LogP contribution in [0.5, 0.6) is 0 Å². The van der Waals surface area contributed by atoms with Crippen molar-refractivity contribution in [3.05, 3.63) is 62.0 Å². The molecule has 3 nitrogen and oxygen atoms in total. The molecule has 0 spiro atoms. The molecule has 0 amide bonds. The Balaban J connectivity index is -0.000000162. The number of fused-ring (bicyclic) bond motifs is 3. The Morgan fingerprint density at radius 3 is 1.38 bits per heavy atom. The van der Waals surface area contributed by atoms with Gasteiger partial charge in [-0.1, -0.05) is 36.4 Å². The number of rotatable bonds is 0. The fourth-order valence-corrected chi connectivity index (χ4v) is 1.90. The van der Waals surface area contributed by atoms with E-state index in [-0.39, 0.29) is 32.2 Å². The average molecular weight is 467 g/mol. The van der Waals surface area contributed by atoms with Gasteiger partial charge in [0.25, 0.3) is 0 Å². The molecule has 0 saturated carbocycles. The molecule has 146 valence electrons. The first-order valence-electron chi connectivity index (χ1n) is 7.11. The summed E-state index contributed by atoms with van der Waals surface area (Å²) < 4.78 is 8.97. The summed E-state index contributed by atoms with van der Waals surface area (Å²) in [5.41, 5.74) is 0. The van der Waals surface area contributed by atoms with Gasteiger partial charge in [0.1, 0.15) is 0 Å². The van der Waals surface area contributed by atoms with Crippen LogP contribution in [0.4, 0.5) is 0 Å². The summed E-state index contributed by atoms with van der Waals surface area (Å²) in [5, 5.41) is 12.4. The molecule has 0 saturated heterocycles. The molecule has 0 aliphatic rings. The van der Waals surface area contributed by atoms with Crippen molar-refractivity contribution < 1.29 is 31.1 Å². The summed E-state index contributed by atoms with van der Waals surface area (Å²) in [6.07, 6.45) is 0. The molecule has 2 N–H and O–H groups in total. The van der Waals surface area contributed by atoms with Crippen LogP contribution in [0.25, 0.3) is 21.5 Å². The van der Waals surface area contributed by atoms with E-state index >= 15 is 0 Å². The van der Waals surface area contributed by atoms with E-state index < -0.39 is 26.2 Å². The molecule has 0 aliphatic heterocycles. The molecule has 8 heteroatoms. The van der Waals surface area contributed by atoms with Crippen molar-refractivity contribution in [3.8, 4) is 0 Å². The van der Waals surface area contributed by atoms with E-state index in [1.165, 1.54) is 21.5 Å². The predicted molar refractivity (Wildman–Crippen MR) is 118 cm³/mol. The van der Waals surface area contributed by atoms with Gasteiger partial charge in [-0.2, -0.15) is 0 Å². The van der Waals surface area contributed by atoms with Gasteiger partial charge in [-0.15, -0.1) is 64.6 Å². The smallest absolute Gasteiger partial charge is 0.0771 e. The largest absolute Gasteiger partial charge is 0.126 e. The molecule has 3 aromatic carbocycles. The van der Waals surface area contributed by atoms with E-state index in [9.17, 15) is 0 Å². The van der Waals surface area contributed by atoms with E-state index in [1.54, 1.807) is 0 Å². The van der Waals surface area contributed by atoms with Gasteiger partial charge in [0.2, 0.25) is 0 Å². The first-order chi connectivity index (χ1) is 10.9. The molecular weight excluding hydrogens is 439 g/mol. The third-order valence-electron chi connectivity index (χ3n) is 2.52. The third-order valence-corrected chi connectivity index (χ3v) is 2.52. The van der Waals surface area contributed by atoms with Gasteiger partial charge < -0.3 is 17.3 Å². The van der Waals surface area contributed by atoms with E-state index in [2.05, 4.69) is 62.2 Å². The fraction of sp³-hybridized carbons (Fsp3) is 0.222. The Kier molecular flexibility index (Phi) is 23.3.